The lowest BCUT2D eigenvalue weighted by Crippen LogP contribution is -2.25. The third kappa shape index (κ3) is 3.43. The topological polar surface area (TPSA) is 63.4 Å². The van der Waals surface area contributed by atoms with Gasteiger partial charge in [0.25, 0.3) is 11.6 Å². The molecule has 0 spiro atoms. The first-order valence-corrected chi connectivity index (χ1v) is 7.37. The Morgan fingerprint density at radius 3 is 2.80 bits per heavy atom. The Labute approximate surface area is 128 Å². The molecule has 0 aliphatic heterocycles. The van der Waals surface area contributed by atoms with E-state index in [0.717, 1.165) is 9.35 Å². The van der Waals surface area contributed by atoms with Crippen molar-refractivity contribution in [3.05, 3.63) is 60.7 Å². The number of nitrogens with zero attached hydrogens (tertiary/aromatic N) is 2. The van der Waals surface area contributed by atoms with Crippen LogP contribution in [0.2, 0.25) is 0 Å². The van der Waals surface area contributed by atoms with Crippen molar-refractivity contribution < 1.29 is 9.72 Å². The van der Waals surface area contributed by atoms with E-state index in [0.29, 0.717) is 12.1 Å². The summed E-state index contributed by atoms with van der Waals surface area (Å²) in [5.41, 5.74) is 1.36. The fourth-order valence-electron chi connectivity index (χ4n) is 1.76. The van der Waals surface area contributed by atoms with Crippen LogP contribution in [0.4, 0.5) is 5.69 Å². The van der Waals surface area contributed by atoms with Gasteiger partial charge in [0.1, 0.15) is 0 Å². The van der Waals surface area contributed by atoms with E-state index in [4.69, 9.17) is 0 Å². The molecular weight excluding hydrogens is 344 g/mol. The van der Waals surface area contributed by atoms with Crippen LogP contribution in [0.15, 0.2) is 39.5 Å². The molecule has 20 heavy (non-hydrogen) atoms. The highest BCUT2D eigenvalue weighted by Crippen LogP contribution is 2.22. The van der Waals surface area contributed by atoms with Crippen molar-refractivity contribution in [1.82, 2.24) is 4.90 Å². The van der Waals surface area contributed by atoms with Gasteiger partial charge in [-0.3, -0.25) is 14.9 Å². The van der Waals surface area contributed by atoms with Gasteiger partial charge in [-0.15, -0.1) is 11.3 Å². The van der Waals surface area contributed by atoms with Crippen LogP contribution in [-0.4, -0.2) is 22.8 Å². The van der Waals surface area contributed by atoms with Gasteiger partial charge < -0.3 is 4.90 Å². The molecule has 7 heteroatoms. The average molecular weight is 355 g/mol. The number of amides is 1. The summed E-state index contributed by atoms with van der Waals surface area (Å²) in [6, 6.07) is 8.05. The average Bonchev–Trinajstić information content (AvgIpc) is 2.84. The summed E-state index contributed by atoms with van der Waals surface area (Å²) in [6.07, 6.45) is 0. The number of thiophene rings is 1. The van der Waals surface area contributed by atoms with Crippen molar-refractivity contribution in [2.24, 2.45) is 0 Å². The first-order chi connectivity index (χ1) is 9.47. The predicted octanol–water partition coefficient (Wildman–Crippen LogP) is 3.69. The molecule has 0 saturated carbocycles. The van der Waals surface area contributed by atoms with Gasteiger partial charge in [0.05, 0.1) is 14.3 Å². The number of benzene rings is 1. The molecule has 0 saturated heterocycles. The molecule has 104 valence electrons. The number of rotatable bonds is 4. The minimum atomic E-state index is -0.443. The molecule has 0 aliphatic rings. The van der Waals surface area contributed by atoms with Gasteiger partial charge in [0.15, 0.2) is 0 Å². The summed E-state index contributed by atoms with van der Waals surface area (Å²) >= 11 is 4.76. The van der Waals surface area contributed by atoms with Gasteiger partial charge in [-0.25, -0.2) is 0 Å². The van der Waals surface area contributed by atoms with E-state index in [9.17, 15) is 14.9 Å². The summed E-state index contributed by atoms with van der Waals surface area (Å²) in [5, 5.41) is 12.5. The van der Waals surface area contributed by atoms with Crippen molar-refractivity contribution in [1.29, 1.82) is 0 Å². The molecule has 1 aromatic heterocycles. The number of carbonyl (C=O) groups is 1. The smallest absolute Gasteiger partial charge is 0.269 e. The second kappa shape index (κ2) is 6.15. The molecule has 0 fully saturated rings. The van der Waals surface area contributed by atoms with Crippen molar-refractivity contribution in [2.75, 3.05) is 7.05 Å². The molecule has 0 unspecified atom stereocenters. The quantitative estimate of drug-likeness (QED) is 0.621. The van der Waals surface area contributed by atoms with Gasteiger partial charge in [0.2, 0.25) is 0 Å². The van der Waals surface area contributed by atoms with Gasteiger partial charge in [0, 0.05) is 31.1 Å². The largest absolute Gasteiger partial charge is 0.337 e. The molecule has 1 aromatic carbocycles. The number of nitro groups is 1. The lowest BCUT2D eigenvalue weighted by atomic mass is 10.2. The summed E-state index contributed by atoms with van der Waals surface area (Å²) < 4.78 is 0.893. The number of hydrogen-bond acceptors (Lipinski definition) is 4. The molecule has 2 aromatic rings. The van der Waals surface area contributed by atoms with Crippen LogP contribution in [-0.2, 0) is 6.54 Å². The highest BCUT2D eigenvalue weighted by molar-refractivity contribution is 9.11. The van der Waals surface area contributed by atoms with Crippen LogP contribution in [0, 0.1) is 10.1 Å². The zero-order valence-electron chi connectivity index (χ0n) is 10.6. The Morgan fingerprint density at radius 2 is 2.20 bits per heavy atom. The Balaban J connectivity index is 2.11. The zero-order chi connectivity index (χ0) is 14.7. The molecule has 0 radical (unpaired) electrons. The van der Waals surface area contributed by atoms with E-state index < -0.39 is 4.92 Å². The fourth-order valence-corrected chi connectivity index (χ4v) is 2.89. The van der Waals surface area contributed by atoms with E-state index >= 15 is 0 Å². The third-order valence-corrected chi connectivity index (χ3v) is 4.21. The molecule has 0 aliphatic carbocycles. The predicted molar refractivity (Wildman–Crippen MR) is 80.9 cm³/mol. The molecule has 5 nitrogen and oxygen atoms in total. The zero-order valence-corrected chi connectivity index (χ0v) is 13.0. The Hall–Kier alpha value is -1.73. The van der Waals surface area contributed by atoms with Crippen molar-refractivity contribution in [2.45, 2.75) is 6.54 Å². The second-order valence-corrected chi connectivity index (χ2v) is 6.52. The number of non-ortho nitro benzene ring substituents is 1. The maximum Gasteiger partial charge on any atom is 0.269 e. The van der Waals surface area contributed by atoms with Crippen LogP contribution in [0.1, 0.15) is 15.9 Å². The monoisotopic (exact) mass is 354 g/mol. The summed E-state index contributed by atoms with van der Waals surface area (Å²) in [6.45, 7) is 0.327. The van der Waals surface area contributed by atoms with E-state index in [1.54, 1.807) is 30.6 Å². The maximum atomic E-state index is 12.2. The Bertz CT molecular complexity index is 657. The Kier molecular flexibility index (Phi) is 4.51. The number of halogens is 1. The number of nitro benzene ring substituents is 1. The first-order valence-electron chi connectivity index (χ1n) is 5.70. The molecule has 0 bridgehead atoms. The minimum absolute atomic E-state index is 0.0293. The van der Waals surface area contributed by atoms with E-state index in [1.165, 1.54) is 28.4 Å². The van der Waals surface area contributed by atoms with Crippen LogP contribution < -0.4 is 0 Å². The molecule has 2 rings (SSSR count). The lowest BCUT2D eigenvalue weighted by Gasteiger charge is -2.16. The SMILES string of the molecule is CN(Cc1cccc([N+](=O)[O-])c1)C(=O)c1csc(Br)c1. The summed E-state index contributed by atoms with van der Waals surface area (Å²) in [4.78, 5) is 24.0. The van der Waals surface area contributed by atoms with Gasteiger partial charge in [-0.1, -0.05) is 12.1 Å². The second-order valence-electron chi connectivity index (χ2n) is 4.23. The van der Waals surface area contributed by atoms with Crippen molar-refractivity contribution in [3.8, 4) is 0 Å². The van der Waals surface area contributed by atoms with Gasteiger partial charge >= 0.3 is 0 Å². The minimum Gasteiger partial charge on any atom is -0.337 e. The van der Waals surface area contributed by atoms with Crippen molar-refractivity contribution in [3.63, 3.8) is 0 Å². The van der Waals surface area contributed by atoms with Crippen LogP contribution in [0.25, 0.3) is 0 Å². The first kappa shape index (κ1) is 14.7. The molecule has 1 heterocycles. The molecule has 1 amide bonds. The highest BCUT2D eigenvalue weighted by Gasteiger charge is 2.14. The van der Waals surface area contributed by atoms with Crippen LogP contribution >= 0.6 is 27.3 Å². The van der Waals surface area contributed by atoms with Crippen LogP contribution in [0.3, 0.4) is 0 Å². The summed E-state index contributed by atoms with van der Waals surface area (Å²) in [5.74, 6) is -0.113. The normalized spacial score (nSPS) is 10.3. The van der Waals surface area contributed by atoms with Gasteiger partial charge in [-0.2, -0.15) is 0 Å². The number of carbonyl (C=O) groups excluding carboxylic acids is 1. The molecule has 0 N–H and O–H groups in total. The Morgan fingerprint density at radius 1 is 1.45 bits per heavy atom. The van der Waals surface area contributed by atoms with E-state index in [1.807, 2.05) is 0 Å². The fraction of sp³-hybridized carbons (Fsp3) is 0.154. The maximum absolute atomic E-state index is 12.2. The summed E-state index contributed by atoms with van der Waals surface area (Å²) in [7, 11) is 1.67. The molecular formula is C13H11BrN2O3S. The van der Waals surface area contributed by atoms with E-state index in [-0.39, 0.29) is 11.6 Å². The van der Waals surface area contributed by atoms with Crippen molar-refractivity contribution >= 4 is 38.9 Å². The number of hydrogen-bond donors (Lipinski definition) is 0. The van der Waals surface area contributed by atoms with Gasteiger partial charge in [-0.05, 0) is 27.6 Å². The third-order valence-electron chi connectivity index (χ3n) is 2.70. The lowest BCUT2D eigenvalue weighted by molar-refractivity contribution is -0.384. The standard InChI is InChI=1S/C13H11BrN2O3S/c1-15(13(17)10-6-12(14)20-8-10)7-9-3-2-4-11(5-9)16(18)19/h2-6,8H,7H2,1H3. The molecule has 0 atom stereocenters. The van der Waals surface area contributed by atoms with E-state index in [2.05, 4.69) is 15.9 Å². The van der Waals surface area contributed by atoms with Crippen LogP contribution in [0.5, 0.6) is 0 Å². The highest BCUT2D eigenvalue weighted by atomic mass is 79.9.